The number of aromatic amines is 1. The summed E-state index contributed by atoms with van der Waals surface area (Å²) in [6.45, 7) is 7.61. The van der Waals surface area contributed by atoms with E-state index >= 15 is 0 Å². The molecule has 0 radical (unpaired) electrons. The van der Waals surface area contributed by atoms with Gasteiger partial charge >= 0.3 is 0 Å². The predicted octanol–water partition coefficient (Wildman–Crippen LogP) is 3.45. The maximum atomic E-state index is 3.91. The summed E-state index contributed by atoms with van der Waals surface area (Å²) >= 11 is 0. The molecule has 0 aliphatic rings. The summed E-state index contributed by atoms with van der Waals surface area (Å²) in [6, 6.07) is 8.48. The van der Waals surface area contributed by atoms with Crippen LogP contribution in [0.4, 0.5) is 0 Å². The molecule has 0 bridgehead atoms. The van der Waals surface area contributed by atoms with E-state index in [-0.39, 0.29) is 0 Å². The van der Waals surface area contributed by atoms with Crippen molar-refractivity contribution in [2.45, 2.75) is 6.42 Å². The Morgan fingerprint density at radius 1 is 1.36 bits per heavy atom. The number of hydrogen-bond acceptors (Lipinski definition) is 0. The van der Waals surface area contributed by atoms with Gasteiger partial charge in [0.1, 0.15) is 0 Å². The lowest BCUT2D eigenvalue weighted by atomic mass is 10.1. The first-order valence-corrected chi connectivity index (χ1v) is 4.66. The molecule has 0 aliphatic heterocycles. The van der Waals surface area contributed by atoms with Crippen LogP contribution in [0, 0.1) is 0 Å². The predicted molar refractivity (Wildman–Crippen MR) is 61.3 cm³/mol. The lowest BCUT2D eigenvalue weighted by molar-refractivity contribution is 1.22. The Bertz CT molecular complexity index is 477. The molecule has 2 rings (SSSR count). The fraction of sp³-hybridized carbons (Fsp3) is 0.0769. The Kier molecular flexibility index (Phi) is 2.23. The van der Waals surface area contributed by atoms with E-state index in [4.69, 9.17) is 0 Å². The van der Waals surface area contributed by atoms with Gasteiger partial charge in [-0.3, -0.25) is 0 Å². The first-order chi connectivity index (χ1) is 6.79. The van der Waals surface area contributed by atoms with Crippen molar-refractivity contribution in [1.82, 2.24) is 4.98 Å². The van der Waals surface area contributed by atoms with Gasteiger partial charge in [-0.2, -0.15) is 0 Å². The summed E-state index contributed by atoms with van der Waals surface area (Å²) in [5.74, 6) is 0. The van der Waals surface area contributed by atoms with Gasteiger partial charge in [0.2, 0.25) is 0 Å². The van der Waals surface area contributed by atoms with Crippen LogP contribution in [0.2, 0.25) is 0 Å². The average Bonchev–Trinajstić information content (AvgIpc) is 2.64. The van der Waals surface area contributed by atoms with Gasteiger partial charge in [-0.25, -0.2) is 0 Å². The molecule has 0 saturated carbocycles. The number of rotatable bonds is 3. The fourth-order valence-corrected chi connectivity index (χ4v) is 1.55. The standard InChI is InChI=1S/C13H13N/c1-3-10(2)8-11-4-5-13-12(9-11)6-7-14-13/h3-7,9,14H,1-2,8H2. The molecule has 0 amide bonds. The summed E-state index contributed by atoms with van der Waals surface area (Å²) in [6.07, 6.45) is 4.64. The molecule has 0 saturated heterocycles. The SMILES string of the molecule is C=CC(=C)Cc1ccc2[nH]ccc2c1. The molecular formula is C13H13N. The molecule has 0 atom stereocenters. The first-order valence-electron chi connectivity index (χ1n) is 4.66. The molecular weight excluding hydrogens is 170 g/mol. The molecule has 1 heterocycles. The second kappa shape index (κ2) is 3.54. The van der Waals surface area contributed by atoms with Crippen molar-refractivity contribution in [2.24, 2.45) is 0 Å². The van der Waals surface area contributed by atoms with E-state index in [1.54, 1.807) is 6.08 Å². The van der Waals surface area contributed by atoms with E-state index in [9.17, 15) is 0 Å². The first kappa shape index (κ1) is 8.82. The number of hydrogen-bond donors (Lipinski definition) is 1. The fourth-order valence-electron chi connectivity index (χ4n) is 1.55. The maximum Gasteiger partial charge on any atom is 0.0454 e. The molecule has 1 heteroatoms. The number of nitrogens with one attached hydrogen (secondary N) is 1. The van der Waals surface area contributed by atoms with Gasteiger partial charge in [0, 0.05) is 11.7 Å². The molecule has 1 aromatic carbocycles. The molecule has 1 nitrogen and oxygen atoms in total. The third-order valence-electron chi connectivity index (χ3n) is 2.34. The maximum absolute atomic E-state index is 3.91. The van der Waals surface area contributed by atoms with Crippen molar-refractivity contribution < 1.29 is 0 Å². The zero-order valence-corrected chi connectivity index (χ0v) is 8.09. The van der Waals surface area contributed by atoms with Gasteiger partial charge < -0.3 is 4.98 Å². The molecule has 0 spiro atoms. The largest absolute Gasteiger partial charge is 0.361 e. The number of benzene rings is 1. The van der Waals surface area contributed by atoms with Crippen LogP contribution in [-0.4, -0.2) is 4.98 Å². The minimum atomic E-state index is 0.880. The highest BCUT2D eigenvalue weighted by atomic mass is 14.7. The zero-order chi connectivity index (χ0) is 9.97. The average molecular weight is 183 g/mol. The summed E-state index contributed by atoms with van der Waals surface area (Å²) in [5, 5.41) is 1.25. The molecule has 70 valence electrons. The van der Waals surface area contributed by atoms with E-state index in [0.717, 1.165) is 12.0 Å². The van der Waals surface area contributed by atoms with Crippen LogP contribution in [0.25, 0.3) is 10.9 Å². The molecule has 1 N–H and O–H groups in total. The highest BCUT2D eigenvalue weighted by Crippen LogP contribution is 2.16. The van der Waals surface area contributed by atoms with Crippen molar-refractivity contribution in [2.75, 3.05) is 0 Å². The van der Waals surface area contributed by atoms with E-state index in [1.165, 1.54) is 16.5 Å². The lowest BCUT2D eigenvalue weighted by Gasteiger charge is -2.00. The number of fused-ring (bicyclic) bond motifs is 1. The lowest BCUT2D eigenvalue weighted by Crippen LogP contribution is -1.85. The van der Waals surface area contributed by atoms with E-state index in [0.29, 0.717) is 0 Å². The Morgan fingerprint density at radius 3 is 3.00 bits per heavy atom. The van der Waals surface area contributed by atoms with Crippen molar-refractivity contribution in [3.8, 4) is 0 Å². The molecule has 14 heavy (non-hydrogen) atoms. The molecule has 0 aliphatic carbocycles. The molecule has 2 aromatic rings. The van der Waals surface area contributed by atoms with Gasteiger partial charge in [-0.05, 0) is 35.6 Å². The van der Waals surface area contributed by atoms with Crippen molar-refractivity contribution in [3.63, 3.8) is 0 Å². The summed E-state index contributed by atoms with van der Waals surface area (Å²) in [4.78, 5) is 3.17. The molecule has 0 unspecified atom stereocenters. The van der Waals surface area contributed by atoms with Crippen molar-refractivity contribution >= 4 is 10.9 Å². The van der Waals surface area contributed by atoms with Crippen molar-refractivity contribution in [3.05, 3.63) is 60.8 Å². The normalized spacial score (nSPS) is 10.3. The summed E-state index contributed by atoms with van der Waals surface area (Å²) < 4.78 is 0. The second-order valence-electron chi connectivity index (χ2n) is 3.44. The minimum absolute atomic E-state index is 0.880. The van der Waals surface area contributed by atoms with Crippen LogP contribution < -0.4 is 0 Å². The quantitative estimate of drug-likeness (QED) is 0.701. The zero-order valence-electron chi connectivity index (χ0n) is 8.09. The smallest absolute Gasteiger partial charge is 0.0454 e. The van der Waals surface area contributed by atoms with Gasteiger partial charge in [0.05, 0.1) is 0 Å². The van der Waals surface area contributed by atoms with Crippen molar-refractivity contribution in [1.29, 1.82) is 0 Å². The summed E-state index contributed by atoms with van der Waals surface area (Å²) in [7, 11) is 0. The summed E-state index contributed by atoms with van der Waals surface area (Å²) in [5.41, 5.74) is 3.51. The Balaban J connectivity index is 2.34. The topological polar surface area (TPSA) is 15.8 Å². The van der Waals surface area contributed by atoms with Crippen LogP contribution >= 0.6 is 0 Å². The Hall–Kier alpha value is -1.76. The third-order valence-corrected chi connectivity index (χ3v) is 2.34. The van der Waals surface area contributed by atoms with Crippen LogP contribution in [0.15, 0.2) is 55.3 Å². The van der Waals surface area contributed by atoms with E-state index in [2.05, 4.69) is 42.4 Å². The number of allylic oxidation sites excluding steroid dienone is 2. The van der Waals surface area contributed by atoms with Crippen LogP contribution in [0.1, 0.15) is 5.56 Å². The number of H-pyrrole nitrogens is 1. The van der Waals surface area contributed by atoms with Crippen LogP contribution in [0.5, 0.6) is 0 Å². The van der Waals surface area contributed by atoms with Crippen LogP contribution in [0.3, 0.4) is 0 Å². The Morgan fingerprint density at radius 2 is 2.21 bits per heavy atom. The van der Waals surface area contributed by atoms with E-state index in [1.807, 2.05) is 6.20 Å². The van der Waals surface area contributed by atoms with Gasteiger partial charge in [-0.1, -0.05) is 30.9 Å². The van der Waals surface area contributed by atoms with Gasteiger partial charge in [0.15, 0.2) is 0 Å². The third kappa shape index (κ3) is 1.62. The number of aromatic nitrogens is 1. The highest BCUT2D eigenvalue weighted by molar-refractivity contribution is 5.80. The highest BCUT2D eigenvalue weighted by Gasteiger charge is 1.97. The monoisotopic (exact) mass is 183 g/mol. The second-order valence-corrected chi connectivity index (χ2v) is 3.44. The van der Waals surface area contributed by atoms with Gasteiger partial charge in [-0.15, -0.1) is 0 Å². The molecule has 0 fully saturated rings. The minimum Gasteiger partial charge on any atom is -0.361 e. The van der Waals surface area contributed by atoms with Gasteiger partial charge in [0.25, 0.3) is 0 Å². The van der Waals surface area contributed by atoms with E-state index < -0.39 is 0 Å². The molecule has 1 aromatic heterocycles. The van der Waals surface area contributed by atoms with Crippen LogP contribution in [-0.2, 0) is 6.42 Å². The Labute approximate surface area is 83.8 Å².